The number of hydrogen-bond acceptors (Lipinski definition) is 2. The lowest BCUT2D eigenvalue weighted by Crippen LogP contribution is -2.20. The van der Waals surface area contributed by atoms with Crippen molar-refractivity contribution in [1.29, 1.82) is 0 Å². The molecule has 0 radical (unpaired) electrons. The molecule has 0 aromatic carbocycles. The van der Waals surface area contributed by atoms with Crippen molar-refractivity contribution >= 4 is 29.3 Å². The van der Waals surface area contributed by atoms with Gasteiger partial charge in [0.1, 0.15) is 0 Å². The van der Waals surface area contributed by atoms with E-state index in [0.717, 1.165) is 13.0 Å². The number of likely N-dealkylation sites (tertiary alicyclic amines) is 1. The molecule has 12 heavy (non-hydrogen) atoms. The Labute approximate surface area is 84.7 Å². The van der Waals surface area contributed by atoms with Crippen molar-refractivity contribution in [3.8, 4) is 0 Å². The lowest BCUT2D eigenvalue weighted by atomic mass is 10.3. The zero-order chi connectivity index (χ0) is 8.10. The number of hydrogen-bond donors (Lipinski definition) is 0. The summed E-state index contributed by atoms with van der Waals surface area (Å²) in [6, 6.07) is 0. The van der Waals surface area contributed by atoms with E-state index in [4.69, 9.17) is 11.6 Å². The number of rotatable bonds is 4. The lowest BCUT2D eigenvalue weighted by Gasteiger charge is -2.12. The molecular weight excluding hydrogens is 197 g/mol. The van der Waals surface area contributed by atoms with Crippen LogP contribution in [-0.2, 0) is 4.79 Å². The summed E-state index contributed by atoms with van der Waals surface area (Å²) in [6.07, 6.45) is 4.07. The van der Waals surface area contributed by atoms with Crippen molar-refractivity contribution in [2.24, 2.45) is 0 Å². The molecule has 1 rings (SSSR count). The van der Waals surface area contributed by atoms with Crippen LogP contribution in [-0.4, -0.2) is 29.8 Å². The van der Waals surface area contributed by atoms with Crippen molar-refractivity contribution in [2.45, 2.75) is 25.7 Å². The highest BCUT2D eigenvalue weighted by Gasteiger charge is 2.10. The Morgan fingerprint density at radius 1 is 1.33 bits per heavy atom. The predicted molar refractivity (Wildman–Crippen MR) is 53.0 cm³/mol. The monoisotopic (exact) mass is 211 g/mol. The lowest BCUT2D eigenvalue weighted by molar-refractivity contribution is -0.111. The Morgan fingerprint density at radius 2 is 1.92 bits per heavy atom. The van der Waals surface area contributed by atoms with Crippen LogP contribution in [0.1, 0.15) is 25.7 Å². The average Bonchev–Trinajstić information content (AvgIpc) is 2.39. The summed E-state index contributed by atoms with van der Waals surface area (Å²) in [5, 5.41) is -0.204. The molecule has 0 saturated carbocycles. The highest BCUT2D eigenvalue weighted by Crippen LogP contribution is 2.08. The van der Waals surface area contributed by atoms with Gasteiger partial charge in [0.2, 0.25) is 5.24 Å². The maximum absolute atomic E-state index is 10.4. The average molecular weight is 212 g/mol. The normalized spacial score (nSPS) is 17.4. The van der Waals surface area contributed by atoms with Crippen LogP contribution in [0.2, 0.25) is 0 Å². The van der Waals surface area contributed by atoms with E-state index >= 15 is 0 Å². The van der Waals surface area contributed by atoms with Gasteiger partial charge in [0.25, 0.3) is 0 Å². The smallest absolute Gasteiger partial charge is 0.221 e. The summed E-state index contributed by atoms with van der Waals surface area (Å²) >= 11 is 5.21. The molecule has 0 unspecified atom stereocenters. The van der Waals surface area contributed by atoms with Crippen LogP contribution < -0.4 is 0 Å². The second-order valence-electron chi connectivity index (χ2n) is 3.01. The third-order valence-electron chi connectivity index (χ3n) is 2.05. The fraction of sp³-hybridized carbons (Fsp3) is 0.875. The fourth-order valence-corrected chi connectivity index (χ4v) is 1.58. The Hall–Kier alpha value is 0.210. The van der Waals surface area contributed by atoms with E-state index in [2.05, 4.69) is 4.90 Å². The zero-order valence-electron chi connectivity index (χ0n) is 7.09. The number of nitrogens with zero attached hydrogens (tertiary/aromatic N) is 1. The second kappa shape index (κ2) is 6.70. The van der Waals surface area contributed by atoms with E-state index in [0.29, 0.717) is 6.42 Å². The summed E-state index contributed by atoms with van der Waals surface area (Å²) in [5.41, 5.74) is 0. The van der Waals surface area contributed by atoms with Crippen LogP contribution >= 0.6 is 24.0 Å². The molecule has 72 valence electrons. The van der Waals surface area contributed by atoms with Crippen molar-refractivity contribution in [1.82, 2.24) is 4.90 Å². The second-order valence-corrected chi connectivity index (χ2v) is 3.43. The van der Waals surface area contributed by atoms with Gasteiger partial charge in [-0.3, -0.25) is 4.79 Å². The van der Waals surface area contributed by atoms with E-state index in [9.17, 15) is 4.79 Å². The van der Waals surface area contributed by atoms with Gasteiger partial charge in [0, 0.05) is 6.42 Å². The molecular formula is C8H15Cl2NO. The molecule has 0 aromatic rings. The topological polar surface area (TPSA) is 20.3 Å². The van der Waals surface area contributed by atoms with Gasteiger partial charge in [-0.05, 0) is 50.5 Å². The molecule has 1 saturated heterocycles. The van der Waals surface area contributed by atoms with Crippen LogP contribution in [0.3, 0.4) is 0 Å². The molecule has 0 N–H and O–H groups in total. The van der Waals surface area contributed by atoms with E-state index in [1.165, 1.54) is 25.9 Å². The molecule has 1 aliphatic heterocycles. The van der Waals surface area contributed by atoms with Crippen LogP contribution in [0.25, 0.3) is 0 Å². The first-order chi connectivity index (χ1) is 5.29. The summed E-state index contributed by atoms with van der Waals surface area (Å²) in [7, 11) is 0. The number of carbonyl (C=O) groups is 1. The molecule has 0 amide bonds. The van der Waals surface area contributed by atoms with Crippen LogP contribution in [0.4, 0.5) is 0 Å². The van der Waals surface area contributed by atoms with E-state index in [1.54, 1.807) is 0 Å². The Bertz CT molecular complexity index is 135. The number of carbonyl (C=O) groups excluding carboxylic acids is 1. The summed E-state index contributed by atoms with van der Waals surface area (Å²) in [4.78, 5) is 12.8. The molecule has 0 bridgehead atoms. The maximum Gasteiger partial charge on any atom is 0.221 e. The van der Waals surface area contributed by atoms with E-state index in [1.807, 2.05) is 0 Å². The molecule has 1 fully saturated rings. The molecule has 4 heteroatoms. The van der Waals surface area contributed by atoms with Gasteiger partial charge >= 0.3 is 0 Å². The summed E-state index contributed by atoms with van der Waals surface area (Å²) < 4.78 is 0. The van der Waals surface area contributed by atoms with E-state index < -0.39 is 0 Å². The highest BCUT2D eigenvalue weighted by atomic mass is 35.5. The third kappa shape index (κ3) is 4.96. The first-order valence-electron chi connectivity index (χ1n) is 4.20. The van der Waals surface area contributed by atoms with Crippen molar-refractivity contribution in [3.63, 3.8) is 0 Å². The molecule has 0 atom stereocenters. The third-order valence-corrected chi connectivity index (χ3v) is 2.24. The zero-order valence-corrected chi connectivity index (χ0v) is 8.66. The minimum Gasteiger partial charge on any atom is -0.303 e. The van der Waals surface area contributed by atoms with Gasteiger partial charge in [-0.2, -0.15) is 0 Å². The van der Waals surface area contributed by atoms with Gasteiger partial charge in [-0.25, -0.2) is 0 Å². The van der Waals surface area contributed by atoms with Gasteiger partial charge < -0.3 is 4.90 Å². The van der Waals surface area contributed by atoms with Gasteiger partial charge in [-0.15, -0.1) is 12.4 Å². The first kappa shape index (κ1) is 12.2. The Kier molecular flexibility index (Phi) is 6.81. The molecule has 0 spiro atoms. The quantitative estimate of drug-likeness (QED) is 0.664. The van der Waals surface area contributed by atoms with Crippen molar-refractivity contribution in [3.05, 3.63) is 0 Å². The largest absolute Gasteiger partial charge is 0.303 e. The first-order valence-corrected chi connectivity index (χ1v) is 4.57. The van der Waals surface area contributed by atoms with Crippen LogP contribution in [0.15, 0.2) is 0 Å². The standard InChI is InChI=1S/C8H14ClNO.ClH/c9-8(11)4-3-7-10-5-1-2-6-10;/h1-7H2;1H. The van der Waals surface area contributed by atoms with Gasteiger partial charge in [0.05, 0.1) is 0 Å². The van der Waals surface area contributed by atoms with Crippen LogP contribution in [0.5, 0.6) is 0 Å². The molecule has 1 heterocycles. The number of halogens is 2. The predicted octanol–water partition coefficient (Wildman–Crippen LogP) is 2.05. The Morgan fingerprint density at radius 3 is 2.42 bits per heavy atom. The molecule has 2 nitrogen and oxygen atoms in total. The fourth-order valence-electron chi connectivity index (χ4n) is 1.45. The molecule has 0 aromatic heterocycles. The molecule has 0 aliphatic carbocycles. The van der Waals surface area contributed by atoms with Crippen molar-refractivity contribution in [2.75, 3.05) is 19.6 Å². The minimum absolute atomic E-state index is 0. The van der Waals surface area contributed by atoms with Crippen LogP contribution in [0, 0.1) is 0 Å². The molecule has 1 aliphatic rings. The minimum atomic E-state index is -0.204. The maximum atomic E-state index is 10.4. The summed E-state index contributed by atoms with van der Waals surface area (Å²) in [5.74, 6) is 0. The summed E-state index contributed by atoms with van der Waals surface area (Å²) in [6.45, 7) is 3.45. The SMILES string of the molecule is Cl.O=C(Cl)CCCN1CCCC1. The van der Waals surface area contributed by atoms with Gasteiger partial charge in [-0.1, -0.05) is 0 Å². The van der Waals surface area contributed by atoms with Crippen molar-refractivity contribution < 1.29 is 4.79 Å². The Balaban J connectivity index is 0.00000121. The highest BCUT2D eigenvalue weighted by molar-refractivity contribution is 6.63. The van der Waals surface area contributed by atoms with Gasteiger partial charge in [0.15, 0.2) is 0 Å². The van der Waals surface area contributed by atoms with E-state index in [-0.39, 0.29) is 17.6 Å².